The van der Waals surface area contributed by atoms with Gasteiger partial charge in [0.15, 0.2) is 0 Å². The number of benzene rings is 1. The zero-order valence-electron chi connectivity index (χ0n) is 9.91. The number of nitrogens with zero attached hydrogens (tertiary/aromatic N) is 1. The van der Waals surface area contributed by atoms with Gasteiger partial charge in [-0.2, -0.15) is 0 Å². The number of aromatic nitrogens is 2. The van der Waals surface area contributed by atoms with Gasteiger partial charge in [-0.15, -0.1) is 0 Å². The van der Waals surface area contributed by atoms with Crippen LogP contribution in [-0.4, -0.2) is 34.9 Å². The average molecular weight is 233 g/mol. The average Bonchev–Trinajstić information content (AvgIpc) is 2.64. The molecule has 17 heavy (non-hydrogen) atoms. The molecule has 0 aliphatic rings. The second-order valence-corrected chi connectivity index (χ2v) is 4.25. The maximum atomic E-state index is 11.4. The van der Waals surface area contributed by atoms with Crippen molar-refractivity contribution in [2.45, 2.75) is 12.8 Å². The number of fused-ring (bicyclic) bond motifs is 1. The number of aryl methyl sites for hydroxylation is 1. The minimum absolute atomic E-state index is 0.104. The van der Waals surface area contributed by atoms with E-state index in [0.717, 1.165) is 16.6 Å². The molecule has 1 heterocycles. The van der Waals surface area contributed by atoms with Crippen molar-refractivity contribution in [2.24, 2.45) is 0 Å². The smallest absolute Gasteiger partial charge is 0.323 e. The molecule has 0 unspecified atom stereocenters. The Balaban J connectivity index is 2.14. The number of rotatable bonds is 3. The normalized spacial score (nSPS) is 10.7. The number of carbonyl (C=O) groups excluding carboxylic acids is 1. The number of nitrogens with one attached hydrogen (secondary N) is 2. The van der Waals surface area contributed by atoms with Crippen molar-refractivity contribution in [3.8, 4) is 0 Å². The van der Waals surface area contributed by atoms with Crippen LogP contribution in [0, 0.1) is 0 Å². The Hall–Kier alpha value is -2.04. The maximum Gasteiger partial charge on any atom is 0.323 e. The van der Waals surface area contributed by atoms with E-state index in [1.165, 1.54) is 0 Å². The molecule has 1 aromatic carbocycles. The Morgan fingerprint density at radius 3 is 2.65 bits per heavy atom. The summed E-state index contributed by atoms with van der Waals surface area (Å²) in [5.41, 5.74) is 2.41. The van der Waals surface area contributed by atoms with Gasteiger partial charge in [-0.25, -0.2) is 4.79 Å². The summed E-state index contributed by atoms with van der Waals surface area (Å²) >= 11 is 0. The van der Waals surface area contributed by atoms with Crippen molar-refractivity contribution in [1.82, 2.24) is 14.9 Å². The highest BCUT2D eigenvalue weighted by atomic mass is 16.2. The van der Waals surface area contributed by atoms with Crippen LogP contribution in [0.25, 0.3) is 11.0 Å². The van der Waals surface area contributed by atoms with E-state index < -0.39 is 0 Å². The van der Waals surface area contributed by atoms with Crippen LogP contribution in [0.2, 0.25) is 0 Å². The van der Waals surface area contributed by atoms with Crippen LogP contribution >= 0.6 is 0 Å². The zero-order chi connectivity index (χ0) is 12.4. The first-order chi connectivity index (χ1) is 8.06. The summed E-state index contributed by atoms with van der Waals surface area (Å²) in [7, 11) is 3.49. The van der Waals surface area contributed by atoms with Gasteiger partial charge >= 0.3 is 5.69 Å². The summed E-state index contributed by atoms with van der Waals surface area (Å²) in [6.07, 6.45) is 1.16. The molecule has 2 rings (SSSR count). The van der Waals surface area contributed by atoms with Gasteiger partial charge in [0, 0.05) is 20.5 Å². The third-order valence-corrected chi connectivity index (χ3v) is 2.71. The molecule has 0 radical (unpaired) electrons. The number of carbonyl (C=O) groups is 1. The molecule has 0 saturated carbocycles. The summed E-state index contributed by atoms with van der Waals surface area (Å²) in [6, 6.07) is 5.67. The SMILES string of the molecule is CN(C)C(=O)CCc1ccc2[nH]c(=O)[nH]c2c1. The van der Waals surface area contributed by atoms with Crippen molar-refractivity contribution in [2.75, 3.05) is 14.1 Å². The largest absolute Gasteiger partial charge is 0.349 e. The highest BCUT2D eigenvalue weighted by molar-refractivity contribution is 5.77. The lowest BCUT2D eigenvalue weighted by molar-refractivity contribution is -0.128. The Morgan fingerprint density at radius 2 is 1.94 bits per heavy atom. The van der Waals surface area contributed by atoms with E-state index in [1.807, 2.05) is 18.2 Å². The van der Waals surface area contributed by atoms with E-state index in [-0.39, 0.29) is 11.6 Å². The van der Waals surface area contributed by atoms with Gasteiger partial charge in [-0.05, 0) is 24.1 Å². The molecule has 5 nitrogen and oxygen atoms in total. The molecule has 5 heteroatoms. The minimum atomic E-state index is -0.207. The van der Waals surface area contributed by atoms with Gasteiger partial charge in [0.25, 0.3) is 0 Å². The fraction of sp³-hybridized carbons (Fsp3) is 0.333. The van der Waals surface area contributed by atoms with E-state index >= 15 is 0 Å². The Kier molecular flexibility index (Phi) is 2.99. The quantitative estimate of drug-likeness (QED) is 0.826. The monoisotopic (exact) mass is 233 g/mol. The van der Waals surface area contributed by atoms with E-state index in [2.05, 4.69) is 9.97 Å². The topological polar surface area (TPSA) is 69.0 Å². The lowest BCUT2D eigenvalue weighted by atomic mass is 10.1. The summed E-state index contributed by atoms with van der Waals surface area (Å²) in [4.78, 5) is 29.5. The van der Waals surface area contributed by atoms with Crippen molar-refractivity contribution in [3.05, 3.63) is 34.2 Å². The van der Waals surface area contributed by atoms with Crippen molar-refractivity contribution in [1.29, 1.82) is 0 Å². The van der Waals surface area contributed by atoms with Crippen LogP contribution in [0.4, 0.5) is 0 Å². The number of aromatic amines is 2. The molecule has 0 fully saturated rings. The Morgan fingerprint density at radius 1 is 1.24 bits per heavy atom. The molecule has 2 aromatic rings. The maximum absolute atomic E-state index is 11.4. The standard InChI is InChI=1S/C12H15N3O2/c1-15(2)11(16)6-4-8-3-5-9-10(7-8)14-12(17)13-9/h3,5,7H,4,6H2,1-2H3,(H2,13,14,17). The molecule has 0 aliphatic carbocycles. The van der Waals surface area contributed by atoms with Crippen LogP contribution in [0.5, 0.6) is 0 Å². The van der Waals surface area contributed by atoms with Gasteiger partial charge in [-0.3, -0.25) is 4.79 Å². The molecular formula is C12H15N3O2. The van der Waals surface area contributed by atoms with Gasteiger partial charge in [0.05, 0.1) is 11.0 Å². The van der Waals surface area contributed by atoms with E-state index in [9.17, 15) is 9.59 Å². The lowest BCUT2D eigenvalue weighted by Gasteiger charge is -2.09. The molecule has 0 saturated heterocycles. The number of hydrogen-bond acceptors (Lipinski definition) is 2. The number of hydrogen-bond donors (Lipinski definition) is 2. The third-order valence-electron chi connectivity index (χ3n) is 2.71. The van der Waals surface area contributed by atoms with E-state index in [1.54, 1.807) is 19.0 Å². The molecule has 2 N–H and O–H groups in total. The fourth-order valence-corrected chi connectivity index (χ4v) is 1.71. The Labute approximate surface area is 98.4 Å². The summed E-state index contributed by atoms with van der Waals surface area (Å²) in [5.74, 6) is 0.104. The molecule has 0 atom stereocenters. The predicted molar refractivity (Wildman–Crippen MR) is 65.9 cm³/mol. The number of amides is 1. The van der Waals surface area contributed by atoms with E-state index in [4.69, 9.17) is 0 Å². The number of imidazole rings is 1. The van der Waals surface area contributed by atoms with Gasteiger partial charge in [0.2, 0.25) is 5.91 Å². The fourth-order valence-electron chi connectivity index (χ4n) is 1.71. The van der Waals surface area contributed by atoms with E-state index in [0.29, 0.717) is 12.8 Å². The van der Waals surface area contributed by atoms with Crippen molar-refractivity contribution >= 4 is 16.9 Å². The summed E-state index contributed by atoms with van der Waals surface area (Å²) in [6.45, 7) is 0. The highest BCUT2D eigenvalue weighted by Gasteiger charge is 2.05. The molecule has 0 bridgehead atoms. The first kappa shape index (κ1) is 11.4. The van der Waals surface area contributed by atoms with Crippen LogP contribution in [-0.2, 0) is 11.2 Å². The predicted octanol–water partition coefficient (Wildman–Crippen LogP) is 0.877. The number of H-pyrrole nitrogens is 2. The van der Waals surface area contributed by atoms with Gasteiger partial charge in [0.1, 0.15) is 0 Å². The van der Waals surface area contributed by atoms with Crippen LogP contribution in [0.3, 0.4) is 0 Å². The minimum Gasteiger partial charge on any atom is -0.349 e. The first-order valence-corrected chi connectivity index (χ1v) is 5.47. The molecule has 0 spiro atoms. The van der Waals surface area contributed by atoms with Crippen LogP contribution in [0.1, 0.15) is 12.0 Å². The second-order valence-electron chi connectivity index (χ2n) is 4.25. The van der Waals surface area contributed by atoms with Crippen LogP contribution in [0.15, 0.2) is 23.0 Å². The first-order valence-electron chi connectivity index (χ1n) is 5.47. The van der Waals surface area contributed by atoms with Gasteiger partial charge < -0.3 is 14.9 Å². The van der Waals surface area contributed by atoms with Crippen LogP contribution < -0.4 is 5.69 Å². The molecule has 90 valence electrons. The molecular weight excluding hydrogens is 218 g/mol. The Bertz CT molecular complexity index is 595. The zero-order valence-corrected chi connectivity index (χ0v) is 9.91. The molecule has 0 aliphatic heterocycles. The van der Waals surface area contributed by atoms with Crippen molar-refractivity contribution < 1.29 is 4.79 Å². The van der Waals surface area contributed by atoms with Crippen molar-refractivity contribution in [3.63, 3.8) is 0 Å². The van der Waals surface area contributed by atoms with Gasteiger partial charge in [-0.1, -0.05) is 6.07 Å². The third kappa shape index (κ3) is 2.55. The summed E-state index contributed by atoms with van der Waals surface area (Å²) in [5, 5.41) is 0. The lowest BCUT2D eigenvalue weighted by Crippen LogP contribution is -2.21. The molecule has 1 amide bonds. The molecule has 1 aromatic heterocycles. The summed E-state index contributed by atoms with van der Waals surface area (Å²) < 4.78 is 0. The second kappa shape index (κ2) is 4.45. The highest BCUT2D eigenvalue weighted by Crippen LogP contribution is 2.12.